The van der Waals surface area contributed by atoms with Crippen LogP contribution < -0.4 is 0 Å². The summed E-state index contributed by atoms with van der Waals surface area (Å²) in [4.78, 5) is 14.4. The molecule has 0 bridgehead atoms. The van der Waals surface area contributed by atoms with Crippen molar-refractivity contribution in [2.75, 3.05) is 19.6 Å². The maximum absolute atomic E-state index is 10.5. The van der Waals surface area contributed by atoms with Crippen LogP contribution in [-0.2, 0) is 11.2 Å². The number of nitrogens with zero attached hydrogens (tertiary/aromatic N) is 1. The number of carbonyl (C=O) groups is 1. The van der Waals surface area contributed by atoms with Gasteiger partial charge in [0.15, 0.2) is 0 Å². The number of hydrogen-bond donors (Lipinski definition) is 1. The van der Waals surface area contributed by atoms with E-state index in [1.54, 1.807) is 11.3 Å². The average Bonchev–Trinajstić information content (AvgIpc) is 2.80. The highest BCUT2D eigenvalue weighted by Crippen LogP contribution is 2.17. The van der Waals surface area contributed by atoms with E-state index in [1.807, 2.05) is 0 Å². The van der Waals surface area contributed by atoms with Gasteiger partial charge in [-0.25, -0.2) is 4.79 Å². The van der Waals surface area contributed by atoms with E-state index in [0.717, 1.165) is 44.5 Å². The van der Waals surface area contributed by atoms with Crippen LogP contribution >= 0.6 is 11.3 Å². The lowest BCUT2D eigenvalue weighted by molar-refractivity contribution is -0.131. The van der Waals surface area contributed by atoms with Crippen LogP contribution in [0, 0.1) is 0 Å². The Labute approximate surface area is 105 Å². The maximum atomic E-state index is 10.5. The molecule has 2 heterocycles. The topological polar surface area (TPSA) is 40.5 Å². The molecule has 0 spiro atoms. The van der Waals surface area contributed by atoms with Gasteiger partial charge < -0.3 is 10.0 Å². The van der Waals surface area contributed by atoms with Gasteiger partial charge in [-0.3, -0.25) is 0 Å². The number of carboxylic acid groups (broad SMARTS) is 1. The van der Waals surface area contributed by atoms with Crippen molar-refractivity contribution in [2.24, 2.45) is 0 Å². The highest BCUT2D eigenvalue weighted by molar-refractivity contribution is 7.09. The van der Waals surface area contributed by atoms with Crippen LogP contribution in [0.5, 0.6) is 0 Å². The lowest BCUT2D eigenvalue weighted by atomic mass is 10.0. The molecular formula is C13H17NO2S. The largest absolute Gasteiger partial charge is 0.478 e. The van der Waals surface area contributed by atoms with Crippen molar-refractivity contribution in [3.63, 3.8) is 0 Å². The summed E-state index contributed by atoms with van der Waals surface area (Å²) in [5.74, 6) is -0.813. The van der Waals surface area contributed by atoms with Gasteiger partial charge in [0, 0.05) is 30.6 Å². The number of aliphatic carboxylic acids is 1. The highest BCUT2D eigenvalue weighted by Gasteiger charge is 2.14. The van der Waals surface area contributed by atoms with Crippen LogP contribution in [0.25, 0.3) is 0 Å². The first kappa shape index (κ1) is 12.3. The molecule has 3 nitrogen and oxygen atoms in total. The first-order valence-electron chi connectivity index (χ1n) is 5.91. The van der Waals surface area contributed by atoms with Crippen LogP contribution in [0.4, 0.5) is 0 Å². The van der Waals surface area contributed by atoms with Crippen molar-refractivity contribution in [3.8, 4) is 0 Å². The van der Waals surface area contributed by atoms with Gasteiger partial charge in [0.2, 0.25) is 0 Å². The molecule has 0 saturated carbocycles. The van der Waals surface area contributed by atoms with Gasteiger partial charge in [-0.2, -0.15) is 0 Å². The van der Waals surface area contributed by atoms with Crippen molar-refractivity contribution >= 4 is 17.3 Å². The number of likely N-dealkylation sites (tertiary alicyclic amines) is 1. The van der Waals surface area contributed by atoms with Gasteiger partial charge in [-0.05, 0) is 30.7 Å². The second-order valence-corrected chi connectivity index (χ2v) is 5.34. The third-order valence-electron chi connectivity index (χ3n) is 3.08. The second kappa shape index (κ2) is 5.98. The molecule has 4 heteroatoms. The Bertz CT molecular complexity index is 388. The predicted molar refractivity (Wildman–Crippen MR) is 69.4 cm³/mol. The Hall–Kier alpha value is -1.13. The molecule has 0 aliphatic carbocycles. The normalized spacial score (nSPS) is 17.1. The Morgan fingerprint density at radius 2 is 2.24 bits per heavy atom. The maximum Gasteiger partial charge on any atom is 0.328 e. The fourth-order valence-electron chi connectivity index (χ4n) is 2.11. The Balaban J connectivity index is 1.74. The van der Waals surface area contributed by atoms with E-state index in [9.17, 15) is 4.79 Å². The van der Waals surface area contributed by atoms with E-state index < -0.39 is 5.97 Å². The molecule has 0 aromatic carbocycles. The highest BCUT2D eigenvalue weighted by atomic mass is 32.1. The zero-order chi connectivity index (χ0) is 12.1. The molecule has 2 rings (SSSR count). The molecule has 1 aromatic heterocycles. The Kier molecular flexibility index (Phi) is 4.34. The van der Waals surface area contributed by atoms with E-state index in [-0.39, 0.29) is 0 Å². The lowest BCUT2D eigenvalue weighted by Gasteiger charge is -2.27. The SMILES string of the molecule is O=C(O)C=C1CCN(CCc2cccs2)CC1. The summed E-state index contributed by atoms with van der Waals surface area (Å²) in [6.45, 7) is 3.07. The molecule has 17 heavy (non-hydrogen) atoms. The molecule has 0 amide bonds. The minimum atomic E-state index is -0.813. The summed E-state index contributed by atoms with van der Waals surface area (Å²) < 4.78 is 0. The van der Waals surface area contributed by atoms with E-state index in [0.29, 0.717) is 0 Å². The van der Waals surface area contributed by atoms with Crippen molar-refractivity contribution in [3.05, 3.63) is 34.0 Å². The number of rotatable bonds is 4. The molecule has 1 aromatic rings. The lowest BCUT2D eigenvalue weighted by Crippen LogP contribution is -2.32. The number of hydrogen-bond acceptors (Lipinski definition) is 3. The zero-order valence-corrected chi connectivity index (χ0v) is 10.6. The van der Waals surface area contributed by atoms with Gasteiger partial charge in [-0.1, -0.05) is 11.6 Å². The number of carboxylic acids is 1. The number of thiophene rings is 1. The molecule has 1 aliphatic rings. The van der Waals surface area contributed by atoms with Crippen molar-refractivity contribution in [1.82, 2.24) is 4.90 Å². The Morgan fingerprint density at radius 1 is 1.47 bits per heavy atom. The fourth-order valence-corrected chi connectivity index (χ4v) is 2.80. The third-order valence-corrected chi connectivity index (χ3v) is 4.02. The Morgan fingerprint density at radius 3 is 2.82 bits per heavy atom. The quantitative estimate of drug-likeness (QED) is 0.835. The summed E-state index contributed by atoms with van der Waals surface area (Å²) in [6.07, 6.45) is 4.28. The van der Waals surface area contributed by atoms with Gasteiger partial charge in [-0.15, -0.1) is 11.3 Å². The van der Waals surface area contributed by atoms with Gasteiger partial charge in [0.25, 0.3) is 0 Å². The summed E-state index contributed by atoms with van der Waals surface area (Å²) in [5, 5.41) is 10.8. The molecule has 0 unspecified atom stereocenters. The van der Waals surface area contributed by atoms with Crippen LogP contribution in [0.2, 0.25) is 0 Å². The average molecular weight is 251 g/mol. The van der Waals surface area contributed by atoms with Crippen molar-refractivity contribution in [2.45, 2.75) is 19.3 Å². The van der Waals surface area contributed by atoms with E-state index in [1.165, 1.54) is 11.0 Å². The van der Waals surface area contributed by atoms with Crippen molar-refractivity contribution < 1.29 is 9.90 Å². The smallest absolute Gasteiger partial charge is 0.328 e. The van der Waals surface area contributed by atoms with Crippen LogP contribution in [0.3, 0.4) is 0 Å². The van der Waals surface area contributed by atoms with Crippen LogP contribution in [0.1, 0.15) is 17.7 Å². The van der Waals surface area contributed by atoms with Gasteiger partial charge in [0.05, 0.1) is 0 Å². The summed E-state index contributed by atoms with van der Waals surface area (Å²) in [6, 6.07) is 4.26. The molecule has 1 saturated heterocycles. The molecular weight excluding hydrogens is 234 g/mol. The van der Waals surface area contributed by atoms with Crippen LogP contribution in [0.15, 0.2) is 29.2 Å². The summed E-state index contributed by atoms with van der Waals surface area (Å²) in [5.41, 5.74) is 1.07. The van der Waals surface area contributed by atoms with Crippen LogP contribution in [-0.4, -0.2) is 35.6 Å². The van der Waals surface area contributed by atoms with E-state index in [4.69, 9.17) is 5.11 Å². The predicted octanol–water partition coefficient (Wildman–Crippen LogP) is 2.40. The molecule has 1 aliphatic heterocycles. The third kappa shape index (κ3) is 3.98. The minimum Gasteiger partial charge on any atom is -0.478 e. The minimum absolute atomic E-state index is 0.813. The fraction of sp³-hybridized carbons (Fsp3) is 0.462. The monoisotopic (exact) mass is 251 g/mol. The first-order chi connectivity index (χ1) is 8.24. The first-order valence-corrected chi connectivity index (χ1v) is 6.79. The second-order valence-electron chi connectivity index (χ2n) is 4.31. The number of piperidine rings is 1. The zero-order valence-electron chi connectivity index (χ0n) is 9.76. The molecule has 92 valence electrons. The molecule has 1 fully saturated rings. The molecule has 0 radical (unpaired) electrons. The van der Waals surface area contributed by atoms with E-state index >= 15 is 0 Å². The van der Waals surface area contributed by atoms with E-state index in [2.05, 4.69) is 22.4 Å². The van der Waals surface area contributed by atoms with Crippen molar-refractivity contribution in [1.29, 1.82) is 0 Å². The van der Waals surface area contributed by atoms with Gasteiger partial charge >= 0.3 is 5.97 Å². The molecule has 1 N–H and O–H groups in total. The standard InChI is InChI=1S/C13H17NO2S/c15-13(16)10-11-3-6-14(7-4-11)8-5-12-2-1-9-17-12/h1-2,9-10H,3-8H2,(H,15,16). The van der Waals surface area contributed by atoms with Gasteiger partial charge in [0.1, 0.15) is 0 Å². The molecule has 0 atom stereocenters. The summed E-state index contributed by atoms with van der Waals surface area (Å²) in [7, 11) is 0. The summed E-state index contributed by atoms with van der Waals surface area (Å²) >= 11 is 1.80.